The van der Waals surface area contributed by atoms with E-state index in [-0.39, 0.29) is 11.8 Å². The summed E-state index contributed by atoms with van der Waals surface area (Å²) in [5.41, 5.74) is 5.53. The zero-order valence-electron chi connectivity index (χ0n) is 17.8. The minimum atomic E-state index is -0.994. The standard InChI is InChI=1S/C26H26N2O3S/c29-25(30)14-11-19-5-4-8-23(15-19)28(26(31)22-6-2-1-3-7-22)17-20-9-12-21(13-10-20)24-16-27-18-32-24/h4-5,8-16,18,22H,1-3,6-7,17H2,(H,29,30). The molecule has 1 N–H and O–H groups in total. The van der Waals surface area contributed by atoms with Crippen molar-refractivity contribution >= 4 is 35.0 Å². The van der Waals surface area contributed by atoms with Crippen molar-refractivity contribution in [2.24, 2.45) is 5.92 Å². The molecule has 6 heteroatoms. The maximum Gasteiger partial charge on any atom is 0.328 e. The van der Waals surface area contributed by atoms with E-state index in [0.29, 0.717) is 6.54 Å². The molecule has 0 spiro atoms. The fourth-order valence-corrected chi connectivity index (χ4v) is 4.77. The van der Waals surface area contributed by atoms with Crippen molar-refractivity contribution in [3.05, 3.63) is 77.4 Å². The van der Waals surface area contributed by atoms with Crippen molar-refractivity contribution < 1.29 is 14.7 Å². The molecule has 0 aliphatic heterocycles. The van der Waals surface area contributed by atoms with Crippen LogP contribution in [-0.4, -0.2) is 22.0 Å². The number of carbonyl (C=O) groups is 2. The number of hydrogen-bond acceptors (Lipinski definition) is 4. The number of aromatic nitrogens is 1. The molecule has 4 rings (SSSR count). The number of carbonyl (C=O) groups excluding carboxylic acids is 1. The molecule has 5 nitrogen and oxygen atoms in total. The number of thiazole rings is 1. The number of nitrogens with zero attached hydrogens (tertiary/aromatic N) is 2. The van der Waals surface area contributed by atoms with Crippen molar-refractivity contribution in [2.75, 3.05) is 4.90 Å². The first kappa shape index (κ1) is 22.0. The van der Waals surface area contributed by atoms with Gasteiger partial charge in [0.15, 0.2) is 0 Å². The Morgan fingerprint density at radius 2 is 1.88 bits per heavy atom. The van der Waals surface area contributed by atoms with Crippen LogP contribution in [0.4, 0.5) is 5.69 Å². The summed E-state index contributed by atoms with van der Waals surface area (Å²) in [6, 6.07) is 15.8. The Morgan fingerprint density at radius 3 is 2.56 bits per heavy atom. The minimum absolute atomic E-state index is 0.0402. The third kappa shape index (κ3) is 5.51. The Labute approximate surface area is 192 Å². The Kier molecular flexibility index (Phi) is 7.12. The summed E-state index contributed by atoms with van der Waals surface area (Å²) in [5.74, 6) is -0.805. The highest BCUT2D eigenvalue weighted by molar-refractivity contribution is 7.13. The maximum atomic E-state index is 13.5. The first-order valence-electron chi connectivity index (χ1n) is 10.9. The lowest BCUT2D eigenvalue weighted by atomic mass is 9.88. The Bertz CT molecular complexity index is 1080. The first-order valence-corrected chi connectivity index (χ1v) is 11.8. The third-order valence-electron chi connectivity index (χ3n) is 5.83. The van der Waals surface area contributed by atoms with Gasteiger partial charge in [0.25, 0.3) is 0 Å². The summed E-state index contributed by atoms with van der Waals surface area (Å²) in [5, 5.41) is 8.94. The first-order chi connectivity index (χ1) is 15.6. The second-order valence-electron chi connectivity index (χ2n) is 8.09. The van der Waals surface area contributed by atoms with Gasteiger partial charge in [0, 0.05) is 23.9 Å². The van der Waals surface area contributed by atoms with E-state index in [9.17, 15) is 9.59 Å². The summed E-state index contributed by atoms with van der Waals surface area (Å²) < 4.78 is 0. The number of rotatable bonds is 7. The monoisotopic (exact) mass is 446 g/mol. The lowest BCUT2D eigenvalue weighted by molar-refractivity contribution is -0.131. The molecule has 0 atom stereocenters. The topological polar surface area (TPSA) is 70.5 Å². The summed E-state index contributed by atoms with van der Waals surface area (Å²) in [6.07, 6.45) is 9.76. The number of aliphatic carboxylic acids is 1. The molecule has 1 fully saturated rings. The van der Waals surface area contributed by atoms with Gasteiger partial charge < -0.3 is 10.0 Å². The molecule has 1 aliphatic carbocycles. The van der Waals surface area contributed by atoms with E-state index >= 15 is 0 Å². The third-order valence-corrected chi connectivity index (χ3v) is 6.65. The lowest BCUT2D eigenvalue weighted by Gasteiger charge is -2.30. The van der Waals surface area contributed by atoms with Crippen LogP contribution in [0.5, 0.6) is 0 Å². The molecule has 1 aromatic heterocycles. The zero-order chi connectivity index (χ0) is 22.3. The highest BCUT2D eigenvalue weighted by Gasteiger charge is 2.27. The van der Waals surface area contributed by atoms with Gasteiger partial charge in [-0.15, -0.1) is 11.3 Å². The normalized spacial score (nSPS) is 14.5. The quantitative estimate of drug-likeness (QED) is 0.451. The number of benzene rings is 2. The average Bonchev–Trinajstić information content (AvgIpc) is 3.37. The largest absolute Gasteiger partial charge is 0.478 e. The van der Waals surface area contributed by atoms with Crippen LogP contribution in [-0.2, 0) is 16.1 Å². The predicted molar refractivity (Wildman–Crippen MR) is 128 cm³/mol. The van der Waals surface area contributed by atoms with E-state index in [1.165, 1.54) is 6.42 Å². The fourth-order valence-electron chi connectivity index (χ4n) is 4.15. The van der Waals surface area contributed by atoms with E-state index in [0.717, 1.165) is 59.0 Å². The molecule has 0 bridgehead atoms. The van der Waals surface area contributed by atoms with Gasteiger partial charge in [-0.3, -0.25) is 9.78 Å². The molecule has 1 heterocycles. The molecule has 3 aromatic rings. The van der Waals surface area contributed by atoms with Crippen molar-refractivity contribution in [3.8, 4) is 10.4 Å². The molecule has 164 valence electrons. The molecular weight excluding hydrogens is 420 g/mol. The van der Waals surface area contributed by atoms with Crippen molar-refractivity contribution in [1.82, 2.24) is 4.98 Å². The van der Waals surface area contributed by atoms with Crippen LogP contribution < -0.4 is 4.90 Å². The number of amides is 1. The Balaban J connectivity index is 1.61. The van der Waals surface area contributed by atoms with Gasteiger partial charge in [0.05, 0.1) is 16.9 Å². The molecule has 0 unspecified atom stereocenters. The van der Waals surface area contributed by atoms with Crippen molar-refractivity contribution in [3.63, 3.8) is 0 Å². The van der Waals surface area contributed by atoms with Gasteiger partial charge in [-0.05, 0) is 47.7 Å². The van der Waals surface area contributed by atoms with Gasteiger partial charge >= 0.3 is 5.97 Å². The Hall–Kier alpha value is -3.25. The van der Waals surface area contributed by atoms with E-state index in [1.807, 2.05) is 40.9 Å². The Morgan fingerprint density at radius 1 is 1.09 bits per heavy atom. The van der Waals surface area contributed by atoms with Crippen LogP contribution >= 0.6 is 11.3 Å². The smallest absolute Gasteiger partial charge is 0.328 e. The minimum Gasteiger partial charge on any atom is -0.478 e. The van der Waals surface area contributed by atoms with Crippen molar-refractivity contribution in [1.29, 1.82) is 0 Å². The molecule has 0 radical (unpaired) electrons. The fraction of sp³-hybridized carbons (Fsp3) is 0.269. The number of anilines is 1. The molecule has 1 aliphatic rings. The van der Waals surface area contributed by atoms with Gasteiger partial charge in [-0.25, -0.2) is 4.79 Å². The van der Waals surface area contributed by atoms with E-state index in [1.54, 1.807) is 17.4 Å². The molecule has 1 amide bonds. The van der Waals surface area contributed by atoms with Gasteiger partial charge in [-0.1, -0.05) is 55.7 Å². The van der Waals surface area contributed by atoms with E-state index in [4.69, 9.17) is 5.11 Å². The summed E-state index contributed by atoms with van der Waals surface area (Å²) >= 11 is 1.60. The molecule has 2 aromatic carbocycles. The number of hydrogen-bond donors (Lipinski definition) is 1. The van der Waals surface area contributed by atoms with Crippen LogP contribution in [0.2, 0.25) is 0 Å². The second-order valence-corrected chi connectivity index (χ2v) is 8.97. The highest BCUT2D eigenvalue weighted by Crippen LogP contribution is 2.30. The molecule has 0 saturated heterocycles. The van der Waals surface area contributed by atoms with Crippen LogP contribution in [0, 0.1) is 5.92 Å². The number of carboxylic acid groups (broad SMARTS) is 1. The van der Waals surface area contributed by atoms with Gasteiger partial charge in [0.2, 0.25) is 5.91 Å². The lowest BCUT2D eigenvalue weighted by Crippen LogP contribution is -2.36. The van der Waals surface area contributed by atoms with E-state index in [2.05, 4.69) is 29.2 Å². The predicted octanol–water partition coefficient (Wildman–Crippen LogP) is 6.02. The van der Waals surface area contributed by atoms with Crippen LogP contribution in [0.1, 0.15) is 43.2 Å². The molecular formula is C26H26N2O3S. The number of carboxylic acids is 1. The summed E-state index contributed by atoms with van der Waals surface area (Å²) in [6.45, 7) is 0.477. The van der Waals surface area contributed by atoms with Crippen molar-refractivity contribution in [2.45, 2.75) is 38.6 Å². The molecule has 32 heavy (non-hydrogen) atoms. The average molecular weight is 447 g/mol. The maximum absolute atomic E-state index is 13.5. The summed E-state index contributed by atoms with van der Waals surface area (Å²) in [4.78, 5) is 31.6. The highest BCUT2D eigenvalue weighted by atomic mass is 32.1. The SMILES string of the molecule is O=C(O)C=Cc1cccc(N(Cc2ccc(-c3cncs3)cc2)C(=O)C2CCCCC2)c1. The zero-order valence-corrected chi connectivity index (χ0v) is 18.6. The van der Waals surface area contributed by atoms with Crippen LogP contribution in [0.25, 0.3) is 16.5 Å². The van der Waals surface area contributed by atoms with Crippen LogP contribution in [0.15, 0.2) is 66.3 Å². The summed E-state index contributed by atoms with van der Waals surface area (Å²) in [7, 11) is 0. The molecule has 1 saturated carbocycles. The van der Waals surface area contributed by atoms with E-state index < -0.39 is 5.97 Å². The van der Waals surface area contributed by atoms with Gasteiger partial charge in [-0.2, -0.15) is 0 Å². The second kappa shape index (κ2) is 10.4. The van der Waals surface area contributed by atoms with Crippen LogP contribution in [0.3, 0.4) is 0 Å². The van der Waals surface area contributed by atoms with Gasteiger partial charge in [0.1, 0.15) is 0 Å².